The van der Waals surface area contributed by atoms with Crippen LogP contribution in [0.4, 0.5) is 0 Å². The van der Waals surface area contributed by atoms with Gasteiger partial charge in [0.05, 0.1) is 5.69 Å². The molecule has 2 rings (SSSR count). The molecule has 7 heteroatoms. The number of ketones is 1. The Kier molecular flexibility index (Phi) is 3.37. The van der Waals surface area contributed by atoms with E-state index in [2.05, 4.69) is 10.3 Å². The maximum atomic E-state index is 12.1. The van der Waals surface area contributed by atoms with E-state index in [9.17, 15) is 9.59 Å². The summed E-state index contributed by atoms with van der Waals surface area (Å²) >= 11 is 0. The standard InChI is InChI=1S/C12H16N4O3/c1-15(2)5-9(12(18)19)11(17)8-4-7(8)10-6-16(3)14-13-10/h5-8H,4H2,1-3H3,(H,18,19)/b9-5+. The monoisotopic (exact) mass is 264 g/mol. The molecule has 7 nitrogen and oxygen atoms in total. The summed E-state index contributed by atoms with van der Waals surface area (Å²) in [6, 6.07) is 0. The number of nitrogens with zero attached hydrogens (tertiary/aromatic N) is 4. The minimum atomic E-state index is -1.19. The number of hydrogen-bond acceptors (Lipinski definition) is 5. The lowest BCUT2D eigenvalue weighted by Crippen LogP contribution is -2.18. The molecule has 0 aliphatic heterocycles. The van der Waals surface area contributed by atoms with E-state index in [1.165, 1.54) is 6.20 Å². The molecule has 0 saturated heterocycles. The normalized spacial score (nSPS) is 22.2. The van der Waals surface area contributed by atoms with Gasteiger partial charge in [0.1, 0.15) is 5.57 Å². The minimum absolute atomic E-state index is 0.00823. The third-order valence-corrected chi connectivity index (χ3v) is 3.01. The maximum Gasteiger partial charge on any atom is 0.340 e. The van der Waals surface area contributed by atoms with Crippen molar-refractivity contribution in [3.05, 3.63) is 23.7 Å². The Morgan fingerprint density at radius 2 is 2.21 bits per heavy atom. The molecule has 1 N–H and O–H groups in total. The number of carbonyl (C=O) groups excluding carboxylic acids is 1. The molecule has 1 fully saturated rings. The number of aliphatic carboxylic acids is 1. The lowest BCUT2D eigenvalue weighted by atomic mass is 10.1. The highest BCUT2D eigenvalue weighted by Crippen LogP contribution is 2.48. The zero-order valence-electron chi connectivity index (χ0n) is 11.1. The van der Waals surface area contributed by atoms with E-state index >= 15 is 0 Å². The van der Waals surface area contributed by atoms with Gasteiger partial charge < -0.3 is 10.0 Å². The highest BCUT2D eigenvalue weighted by atomic mass is 16.4. The molecule has 0 radical (unpaired) electrons. The first-order valence-corrected chi connectivity index (χ1v) is 5.92. The third kappa shape index (κ3) is 2.81. The summed E-state index contributed by atoms with van der Waals surface area (Å²) in [4.78, 5) is 24.8. The van der Waals surface area contributed by atoms with E-state index in [1.807, 2.05) is 0 Å². The Labute approximate surface area is 110 Å². The fraction of sp³-hybridized carbons (Fsp3) is 0.500. The summed E-state index contributed by atoms with van der Waals surface area (Å²) in [5.74, 6) is -1.83. The van der Waals surface area contributed by atoms with E-state index in [4.69, 9.17) is 5.11 Å². The van der Waals surface area contributed by atoms with Crippen LogP contribution < -0.4 is 0 Å². The fourth-order valence-electron chi connectivity index (χ4n) is 2.03. The topological polar surface area (TPSA) is 88.3 Å². The molecule has 1 aliphatic carbocycles. The quantitative estimate of drug-likeness (QED) is 0.458. The van der Waals surface area contributed by atoms with Crippen LogP contribution in [0.3, 0.4) is 0 Å². The molecule has 0 amide bonds. The van der Waals surface area contributed by atoms with Crippen LogP contribution >= 0.6 is 0 Å². The molecule has 1 aromatic rings. The van der Waals surface area contributed by atoms with Gasteiger partial charge in [-0.25, -0.2) is 4.79 Å². The Balaban J connectivity index is 2.11. The van der Waals surface area contributed by atoms with Gasteiger partial charge in [0.2, 0.25) is 0 Å². The average molecular weight is 264 g/mol. The molecule has 0 aromatic carbocycles. The summed E-state index contributed by atoms with van der Waals surface area (Å²) in [5.41, 5.74) is 0.567. The predicted octanol–water partition coefficient (Wildman–Crippen LogP) is 0.0178. The van der Waals surface area contributed by atoms with Crippen LogP contribution in [0.25, 0.3) is 0 Å². The van der Waals surface area contributed by atoms with Gasteiger partial charge in [0, 0.05) is 45.4 Å². The largest absolute Gasteiger partial charge is 0.478 e. The number of rotatable bonds is 5. The Morgan fingerprint density at radius 1 is 1.53 bits per heavy atom. The number of aryl methyl sites for hydroxylation is 1. The summed E-state index contributed by atoms with van der Waals surface area (Å²) < 4.78 is 1.57. The minimum Gasteiger partial charge on any atom is -0.478 e. The van der Waals surface area contributed by atoms with Gasteiger partial charge in [-0.15, -0.1) is 5.10 Å². The highest BCUT2D eigenvalue weighted by molar-refractivity contribution is 6.18. The lowest BCUT2D eigenvalue weighted by Gasteiger charge is -2.07. The Hall–Kier alpha value is -2.18. The second kappa shape index (κ2) is 4.83. The molecule has 0 spiro atoms. The van der Waals surface area contributed by atoms with Crippen molar-refractivity contribution in [2.24, 2.45) is 13.0 Å². The molecule has 1 aliphatic rings. The number of aromatic nitrogens is 3. The smallest absolute Gasteiger partial charge is 0.340 e. The first-order chi connectivity index (χ1) is 8.90. The second-order valence-electron chi connectivity index (χ2n) is 4.94. The van der Waals surface area contributed by atoms with E-state index in [0.717, 1.165) is 5.69 Å². The van der Waals surface area contributed by atoms with Crippen LogP contribution in [-0.2, 0) is 16.6 Å². The first-order valence-electron chi connectivity index (χ1n) is 5.92. The molecule has 2 unspecified atom stereocenters. The van der Waals surface area contributed by atoms with Gasteiger partial charge in [-0.05, 0) is 6.42 Å². The molecular formula is C12H16N4O3. The van der Waals surface area contributed by atoms with Crippen LogP contribution in [0.15, 0.2) is 18.0 Å². The van der Waals surface area contributed by atoms with Crippen molar-refractivity contribution in [3.63, 3.8) is 0 Å². The molecule has 19 heavy (non-hydrogen) atoms. The number of carboxylic acid groups (broad SMARTS) is 1. The Morgan fingerprint density at radius 3 is 2.68 bits per heavy atom. The molecule has 0 bridgehead atoms. The first kappa shape index (κ1) is 13.3. The van der Waals surface area contributed by atoms with Gasteiger partial charge in [0.15, 0.2) is 5.78 Å². The SMILES string of the molecule is CN(C)/C=C(/C(=O)O)C(=O)C1CC1c1cn(C)nn1. The van der Waals surface area contributed by atoms with Crippen molar-refractivity contribution < 1.29 is 14.7 Å². The van der Waals surface area contributed by atoms with Crippen LogP contribution in [0.1, 0.15) is 18.0 Å². The summed E-state index contributed by atoms with van der Waals surface area (Å²) in [6.45, 7) is 0. The Bertz CT molecular complexity index is 547. The lowest BCUT2D eigenvalue weighted by molar-refractivity contribution is -0.135. The van der Waals surface area contributed by atoms with Crippen molar-refractivity contribution in [1.82, 2.24) is 19.9 Å². The van der Waals surface area contributed by atoms with Gasteiger partial charge in [0.25, 0.3) is 0 Å². The van der Waals surface area contributed by atoms with E-state index in [0.29, 0.717) is 6.42 Å². The molecule has 1 saturated carbocycles. The second-order valence-corrected chi connectivity index (χ2v) is 4.94. The van der Waals surface area contributed by atoms with Gasteiger partial charge in [-0.2, -0.15) is 0 Å². The summed E-state index contributed by atoms with van der Waals surface area (Å²) in [5, 5.41) is 16.9. The van der Waals surface area contributed by atoms with Crippen LogP contribution in [-0.4, -0.2) is 50.8 Å². The third-order valence-electron chi connectivity index (χ3n) is 3.01. The van der Waals surface area contributed by atoms with E-state index in [1.54, 1.807) is 36.9 Å². The van der Waals surface area contributed by atoms with Crippen molar-refractivity contribution in [2.45, 2.75) is 12.3 Å². The molecule has 2 atom stereocenters. The number of carbonyl (C=O) groups is 2. The van der Waals surface area contributed by atoms with Crippen LogP contribution in [0, 0.1) is 5.92 Å². The van der Waals surface area contributed by atoms with Crippen molar-refractivity contribution in [3.8, 4) is 0 Å². The molecule has 102 valence electrons. The molecule has 1 aromatic heterocycles. The van der Waals surface area contributed by atoms with Gasteiger partial charge in [-0.3, -0.25) is 9.48 Å². The average Bonchev–Trinajstić information content (AvgIpc) is 3.01. The zero-order valence-corrected chi connectivity index (χ0v) is 11.1. The molecular weight excluding hydrogens is 248 g/mol. The number of Topliss-reactive ketones (excluding diaryl/α,β-unsaturated/α-hetero) is 1. The van der Waals surface area contributed by atoms with E-state index < -0.39 is 5.97 Å². The van der Waals surface area contributed by atoms with Crippen molar-refractivity contribution >= 4 is 11.8 Å². The van der Waals surface area contributed by atoms with Crippen LogP contribution in [0.2, 0.25) is 0 Å². The predicted molar refractivity (Wildman–Crippen MR) is 66.3 cm³/mol. The van der Waals surface area contributed by atoms with Crippen molar-refractivity contribution in [1.29, 1.82) is 0 Å². The number of hydrogen-bond donors (Lipinski definition) is 1. The number of carboxylic acids is 1. The summed E-state index contributed by atoms with van der Waals surface area (Å²) in [6.07, 6.45) is 3.74. The van der Waals surface area contributed by atoms with Gasteiger partial charge >= 0.3 is 5.97 Å². The highest BCUT2D eigenvalue weighted by Gasteiger charge is 2.47. The van der Waals surface area contributed by atoms with Gasteiger partial charge in [-0.1, -0.05) is 5.21 Å². The van der Waals surface area contributed by atoms with E-state index in [-0.39, 0.29) is 23.2 Å². The fourth-order valence-corrected chi connectivity index (χ4v) is 2.03. The van der Waals surface area contributed by atoms with Crippen LogP contribution in [0.5, 0.6) is 0 Å². The zero-order chi connectivity index (χ0) is 14.2. The molecule has 1 heterocycles. The van der Waals surface area contributed by atoms with Crippen molar-refractivity contribution in [2.75, 3.05) is 14.1 Å². The maximum absolute atomic E-state index is 12.1. The summed E-state index contributed by atoms with van der Waals surface area (Å²) in [7, 11) is 5.12.